The Labute approximate surface area is 329 Å². The number of phosphoric ester groups is 1. The van der Waals surface area contributed by atoms with Crippen LogP contribution in [0.25, 0.3) is 0 Å². The van der Waals surface area contributed by atoms with Gasteiger partial charge in [0.25, 0.3) is 7.82 Å². The number of hydrogen-bond donors (Lipinski definition) is 2. The van der Waals surface area contributed by atoms with Crippen LogP contribution in [0.4, 0.5) is 0 Å². The largest absolute Gasteiger partial charge is 0.756 e. The molecule has 1 amide bonds. The molecule has 0 aliphatic heterocycles. The minimum atomic E-state index is -4.54. The minimum absolute atomic E-state index is 0.0148. The molecule has 0 bridgehead atoms. The number of nitrogens with zero attached hydrogens (tertiary/aromatic N) is 1. The number of phosphoric acid groups is 1. The van der Waals surface area contributed by atoms with Gasteiger partial charge in [0.2, 0.25) is 5.91 Å². The van der Waals surface area contributed by atoms with Gasteiger partial charge in [-0.1, -0.05) is 206 Å². The number of amides is 1. The number of aliphatic hydroxyl groups is 1. The fourth-order valence-corrected chi connectivity index (χ4v) is 7.65. The molecule has 0 aromatic rings. The van der Waals surface area contributed by atoms with E-state index in [1.54, 1.807) is 0 Å². The van der Waals surface area contributed by atoms with E-state index in [0.29, 0.717) is 23.9 Å². The van der Waals surface area contributed by atoms with Crippen molar-refractivity contribution in [3.63, 3.8) is 0 Å². The summed E-state index contributed by atoms with van der Waals surface area (Å²) in [7, 11) is 1.31. The van der Waals surface area contributed by atoms with Crippen LogP contribution in [-0.2, 0) is 18.4 Å². The van der Waals surface area contributed by atoms with E-state index in [4.69, 9.17) is 9.05 Å². The summed E-state index contributed by atoms with van der Waals surface area (Å²) in [5.41, 5.74) is 0. The second kappa shape index (κ2) is 37.1. The van der Waals surface area contributed by atoms with Crippen LogP contribution in [-0.4, -0.2) is 68.5 Å². The molecule has 0 saturated carbocycles. The van der Waals surface area contributed by atoms with E-state index < -0.39 is 20.0 Å². The van der Waals surface area contributed by atoms with E-state index in [1.807, 2.05) is 21.1 Å². The summed E-state index contributed by atoms with van der Waals surface area (Å²) in [6.07, 6.45) is 40.5. The van der Waals surface area contributed by atoms with Crippen molar-refractivity contribution in [2.75, 3.05) is 40.9 Å². The average molecular weight is 775 g/mol. The van der Waals surface area contributed by atoms with Gasteiger partial charge in [-0.3, -0.25) is 9.36 Å². The van der Waals surface area contributed by atoms with Gasteiger partial charge in [0.1, 0.15) is 13.2 Å². The minimum Gasteiger partial charge on any atom is -0.756 e. The van der Waals surface area contributed by atoms with Crippen LogP contribution in [0.1, 0.15) is 226 Å². The molecule has 0 radical (unpaired) electrons. The second-order valence-electron chi connectivity index (χ2n) is 17.1. The van der Waals surface area contributed by atoms with Gasteiger partial charge >= 0.3 is 0 Å². The Balaban J connectivity index is 3.87. The third kappa shape index (κ3) is 39.5. The predicted molar refractivity (Wildman–Crippen MR) is 224 cm³/mol. The number of aliphatic hydroxyl groups excluding tert-OH is 1. The first-order valence-corrected chi connectivity index (χ1v) is 24.3. The van der Waals surface area contributed by atoms with Gasteiger partial charge in [-0.25, -0.2) is 0 Å². The van der Waals surface area contributed by atoms with Crippen molar-refractivity contribution in [1.82, 2.24) is 5.32 Å². The predicted octanol–water partition coefficient (Wildman–Crippen LogP) is 12.0. The maximum Gasteiger partial charge on any atom is 0.268 e. The van der Waals surface area contributed by atoms with Gasteiger partial charge in [-0.15, -0.1) is 0 Å². The van der Waals surface area contributed by atoms with Gasteiger partial charge in [0.15, 0.2) is 0 Å². The first-order valence-electron chi connectivity index (χ1n) is 22.9. The molecular weight excluding hydrogens is 683 g/mol. The zero-order valence-electron chi connectivity index (χ0n) is 36.0. The Morgan fingerprint density at radius 2 is 0.925 bits per heavy atom. The number of carbonyl (C=O) groups excluding carboxylic acids is 1. The average Bonchev–Trinajstić information content (AvgIpc) is 3.10. The summed E-state index contributed by atoms with van der Waals surface area (Å²) in [6.45, 7) is 4.61. The van der Waals surface area contributed by atoms with Crippen LogP contribution in [0.3, 0.4) is 0 Å². The number of unbranched alkanes of at least 4 members (excludes halogenated alkanes) is 29. The molecule has 0 aromatic heterocycles. The first kappa shape index (κ1) is 52.5. The van der Waals surface area contributed by atoms with Crippen molar-refractivity contribution in [1.29, 1.82) is 0 Å². The lowest BCUT2D eigenvalue weighted by molar-refractivity contribution is -0.870. The number of rotatable bonds is 42. The molecule has 0 aromatic carbocycles. The van der Waals surface area contributed by atoms with Crippen molar-refractivity contribution >= 4 is 13.7 Å². The fraction of sp³-hybridized carbons (Fsp3) is 0.977. The van der Waals surface area contributed by atoms with Crippen molar-refractivity contribution in [2.24, 2.45) is 0 Å². The number of carbonyl (C=O) groups is 1. The third-order valence-electron chi connectivity index (χ3n) is 10.6. The van der Waals surface area contributed by atoms with Crippen LogP contribution in [0, 0.1) is 0 Å². The summed E-state index contributed by atoms with van der Waals surface area (Å²) >= 11 is 0. The smallest absolute Gasteiger partial charge is 0.268 e. The van der Waals surface area contributed by atoms with Crippen molar-refractivity contribution < 1.29 is 32.9 Å². The highest BCUT2D eigenvalue weighted by Crippen LogP contribution is 2.38. The van der Waals surface area contributed by atoms with Crippen LogP contribution < -0.4 is 10.2 Å². The van der Waals surface area contributed by atoms with Gasteiger partial charge in [-0.05, 0) is 12.8 Å². The third-order valence-corrected chi connectivity index (χ3v) is 11.6. The summed E-state index contributed by atoms with van der Waals surface area (Å²) in [6, 6.07) is -0.790. The molecule has 0 saturated heterocycles. The molecule has 0 fully saturated rings. The van der Waals surface area contributed by atoms with E-state index in [0.717, 1.165) is 44.9 Å². The van der Waals surface area contributed by atoms with E-state index in [9.17, 15) is 19.4 Å². The quantitative estimate of drug-likeness (QED) is 0.0363. The maximum absolute atomic E-state index is 12.6. The fourth-order valence-electron chi connectivity index (χ4n) is 6.92. The van der Waals surface area contributed by atoms with Crippen LogP contribution >= 0.6 is 7.82 Å². The van der Waals surface area contributed by atoms with E-state index in [-0.39, 0.29) is 19.1 Å². The Kier molecular flexibility index (Phi) is 36.7. The monoisotopic (exact) mass is 775 g/mol. The zero-order chi connectivity index (χ0) is 39.3. The SMILES string of the molecule is CCCCCCCCCCCCCCCCCCCCCCCCCCCCCC(O)C(COP(=O)([O-])OCC[N+](C)(C)C)NC(=O)CCCCCC. The lowest BCUT2D eigenvalue weighted by Gasteiger charge is -2.30. The molecule has 0 aliphatic rings. The molecule has 0 heterocycles. The summed E-state index contributed by atoms with van der Waals surface area (Å²) in [4.78, 5) is 24.9. The maximum atomic E-state index is 12.6. The summed E-state index contributed by atoms with van der Waals surface area (Å²) in [5, 5.41) is 13.7. The Bertz CT molecular complexity index is 839. The number of hydrogen-bond acceptors (Lipinski definition) is 6. The first-order chi connectivity index (χ1) is 25.5. The van der Waals surface area contributed by atoms with Crippen LogP contribution in [0.2, 0.25) is 0 Å². The van der Waals surface area contributed by atoms with Gasteiger partial charge in [0, 0.05) is 6.42 Å². The molecule has 8 nitrogen and oxygen atoms in total. The van der Waals surface area contributed by atoms with E-state index in [1.165, 1.54) is 154 Å². The summed E-state index contributed by atoms with van der Waals surface area (Å²) < 4.78 is 23.1. The molecule has 0 spiro atoms. The number of likely N-dealkylation sites (N-methyl/N-ethyl adjacent to an activating group) is 1. The summed E-state index contributed by atoms with van der Waals surface area (Å²) in [5.74, 6) is -0.180. The molecule has 3 unspecified atom stereocenters. The second-order valence-corrected chi connectivity index (χ2v) is 18.5. The number of quaternary nitrogens is 1. The van der Waals surface area contributed by atoms with Crippen molar-refractivity contribution in [2.45, 2.75) is 238 Å². The molecule has 53 heavy (non-hydrogen) atoms. The molecule has 2 N–H and O–H groups in total. The molecule has 0 aliphatic carbocycles. The van der Waals surface area contributed by atoms with Crippen LogP contribution in [0.5, 0.6) is 0 Å². The lowest BCUT2D eigenvalue weighted by atomic mass is 10.0. The topological polar surface area (TPSA) is 108 Å². The van der Waals surface area contributed by atoms with Gasteiger partial charge < -0.3 is 28.8 Å². The standard InChI is InChI=1S/C44H91N2O6P/c1-6-8-10-12-13-14-15-16-17-18-19-20-21-22-23-24-25-26-27-28-29-30-31-32-33-34-35-37-43(47)42(45-44(48)38-36-11-9-7-2)41-52-53(49,50)51-40-39-46(3,4)5/h42-43,47H,6-41H2,1-5H3,(H-,45,48,49,50). The molecule has 0 rings (SSSR count). The van der Waals surface area contributed by atoms with Gasteiger partial charge in [-0.2, -0.15) is 0 Å². The van der Waals surface area contributed by atoms with Gasteiger partial charge in [0.05, 0.1) is 39.9 Å². The molecule has 9 heteroatoms. The molecular formula is C44H91N2O6P. The Morgan fingerprint density at radius 3 is 1.28 bits per heavy atom. The zero-order valence-corrected chi connectivity index (χ0v) is 36.9. The molecule has 318 valence electrons. The van der Waals surface area contributed by atoms with E-state index in [2.05, 4.69) is 19.2 Å². The Hall–Kier alpha value is -0.500. The Morgan fingerprint density at radius 1 is 0.585 bits per heavy atom. The molecule has 3 atom stereocenters. The van der Waals surface area contributed by atoms with E-state index >= 15 is 0 Å². The number of nitrogens with one attached hydrogen (secondary N) is 1. The highest BCUT2D eigenvalue weighted by atomic mass is 31.2. The van der Waals surface area contributed by atoms with Crippen molar-refractivity contribution in [3.8, 4) is 0 Å². The highest BCUT2D eigenvalue weighted by molar-refractivity contribution is 7.45. The highest BCUT2D eigenvalue weighted by Gasteiger charge is 2.24. The lowest BCUT2D eigenvalue weighted by Crippen LogP contribution is -2.46. The van der Waals surface area contributed by atoms with Crippen molar-refractivity contribution in [3.05, 3.63) is 0 Å². The normalized spacial score (nSPS) is 14.3. The van der Waals surface area contributed by atoms with Crippen LogP contribution in [0.15, 0.2) is 0 Å².